The molecule has 4 fully saturated rings. The Hall–Kier alpha value is -0.760. The lowest BCUT2D eigenvalue weighted by atomic mass is 9.50. The number of nitrogens with one attached hydrogen (secondary N) is 1. The fourth-order valence-corrected chi connectivity index (χ4v) is 5.74. The minimum absolute atomic E-state index is 0.531. The maximum Gasteiger partial charge on any atom is 0.0950 e. The second-order valence-corrected chi connectivity index (χ2v) is 7.50. The van der Waals surface area contributed by atoms with Crippen molar-refractivity contribution in [1.29, 1.82) is 0 Å². The summed E-state index contributed by atoms with van der Waals surface area (Å²) in [5.41, 5.74) is 1.39. The lowest BCUT2D eigenvalue weighted by Gasteiger charge is -2.56. The summed E-state index contributed by atoms with van der Waals surface area (Å²) in [4.78, 5) is 0. The van der Waals surface area contributed by atoms with E-state index in [1.54, 1.807) is 6.42 Å². The topological polar surface area (TPSA) is 25.2 Å². The highest BCUT2D eigenvalue weighted by Gasteiger charge is 2.50. The van der Waals surface area contributed by atoms with Crippen LogP contribution in [0.1, 0.15) is 57.1 Å². The molecule has 2 nitrogen and oxygen atoms in total. The third-order valence-corrected chi connectivity index (χ3v) is 6.20. The number of hydrogen-bond donors (Lipinski definition) is 1. The van der Waals surface area contributed by atoms with E-state index < -0.39 is 0 Å². The Morgan fingerprint density at radius 2 is 1.85 bits per heavy atom. The molecule has 0 aromatic carbocycles. The maximum absolute atomic E-state index is 5.38. The van der Waals surface area contributed by atoms with Gasteiger partial charge in [0.15, 0.2) is 0 Å². The van der Waals surface area contributed by atoms with Gasteiger partial charge in [-0.15, -0.1) is 0 Å². The van der Waals surface area contributed by atoms with E-state index in [1.165, 1.54) is 37.7 Å². The predicted molar refractivity (Wildman–Crippen MR) is 80.3 cm³/mol. The van der Waals surface area contributed by atoms with E-state index in [0.717, 1.165) is 36.1 Å². The smallest absolute Gasteiger partial charge is 0.0950 e. The Balaban J connectivity index is 1.59. The molecule has 0 spiro atoms. The van der Waals surface area contributed by atoms with Crippen molar-refractivity contribution in [3.05, 3.63) is 24.2 Å². The number of rotatable bonds is 5. The first-order valence-corrected chi connectivity index (χ1v) is 8.60. The van der Waals surface area contributed by atoms with Crippen LogP contribution in [0.4, 0.5) is 0 Å². The average Bonchev–Trinajstić information content (AvgIpc) is 2.94. The summed E-state index contributed by atoms with van der Waals surface area (Å²) in [6.45, 7) is 3.38. The second kappa shape index (κ2) is 5.22. The van der Waals surface area contributed by atoms with Crippen LogP contribution >= 0.6 is 0 Å². The average molecular weight is 273 g/mol. The molecule has 1 unspecified atom stereocenters. The summed E-state index contributed by atoms with van der Waals surface area (Å²) < 4.78 is 5.38. The molecular weight excluding hydrogens is 246 g/mol. The number of hydrogen-bond acceptors (Lipinski definition) is 2. The zero-order chi connectivity index (χ0) is 13.5. The van der Waals surface area contributed by atoms with Gasteiger partial charge in [0.25, 0.3) is 0 Å². The fourth-order valence-electron chi connectivity index (χ4n) is 5.74. The van der Waals surface area contributed by atoms with Crippen LogP contribution < -0.4 is 5.32 Å². The summed E-state index contributed by atoms with van der Waals surface area (Å²) in [6.07, 6.45) is 12.6. The summed E-state index contributed by atoms with van der Waals surface area (Å²) in [5.74, 6) is 4.91. The third-order valence-electron chi connectivity index (χ3n) is 6.20. The molecule has 4 bridgehead atoms. The van der Waals surface area contributed by atoms with Crippen LogP contribution in [0.5, 0.6) is 0 Å². The molecule has 0 radical (unpaired) electrons. The van der Waals surface area contributed by atoms with Gasteiger partial charge in [-0.2, -0.15) is 0 Å². The van der Waals surface area contributed by atoms with Crippen molar-refractivity contribution in [1.82, 2.24) is 5.32 Å². The Morgan fingerprint density at radius 3 is 2.40 bits per heavy atom. The van der Waals surface area contributed by atoms with Crippen molar-refractivity contribution in [2.45, 2.75) is 51.5 Å². The van der Waals surface area contributed by atoms with Crippen LogP contribution in [0.2, 0.25) is 0 Å². The van der Waals surface area contributed by atoms with Crippen LogP contribution in [0.3, 0.4) is 0 Å². The van der Waals surface area contributed by atoms with Gasteiger partial charge in [0.05, 0.1) is 12.5 Å². The van der Waals surface area contributed by atoms with Gasteiger partial charge in [-0.1, -0.05) is 6.92 Å². The molecule has 0 aliphatic heterocycles. The van der Waals surface area contributed by atoms with Crippen LogP contribution in [-0.4, -0.2) is 6.54 Å². The summed E-state index contributed by atoms with van der Waals surface area (Å²) in [6, 6.07) is 2.71. The lowest BCUT2D eigenvalue weighted by molar-refractivity contribution is -0.0525. The van der Waals surface area contributed by atoms with Gasteiger partial charge in [-0.25, -0.2) is 0 Å². The molecule has 1 heterocycles. The predicted octanol–water partition coefficient (Wildman–Crippen LogP) is 4.39. The van der Waals surface area contributed by atoms with E-state index in [4.69, 9.17) is 4.42 Å². The largest absolute Gasteiger partial charge is 0.472 e. The third kappa shape index (κ3) is 2.13. The molecule has 0 amide bonds. The van der Waals surface area contributed by atoms with Gasteiger partial charge >= 0.3 is 0 Å². The Morgan fingerprint density at radius 1 is 1.15 bits per heavy atom. The van der Waals surface area contributed by atoms with Crippen molar-refractivity contribution in [3.63, 3.8) is 0 Å². The zero-order valence-electron chi connectivity index (χ0n) is 12.6. The Labute approximate surface area is 122 Å². The van der Waals surface area contributed by atoms with E-state index in [1.807, 2.05) is 12.5 Å². The molecule has 4 aliphatic rings. The molecule has 20 heavy (non-hydrogen) atoms. The van der Waals surface area contributed by atoms with Gasteiger partial charge in [-0.3, -0.25) is 0 Å². The first kappa shape index (κ1) is 12.9. The lowest BCUT2D eigenvalue weighted by Crippen LogP contribution is -2.49. The molecule has 1 aromatic rings. The number of furan rings is 1. The molecule has 110 valence electrons. The highest BCUT2D eigenvalue weighted by molar-refractivity contribution is 5.16. The molecule has 1 aromatic heterocycles. The molecule has 4 aliphatic carbocycles. The Kier molecular flexibility index (Phi) is 3.37. The van der Waals surface area contributed by atoms with Crippen molar-refractivity contribution in [2.24, 2.45) is 29.6 Å². The van der Waals surface area contributed by atoms with Gasteiger partial charge < -0.3 is 9.73 Å². The zero-order valence-corrected chi connectivity index (χ0v) is 12.6. The molecule has 0 saturated heterocycles. The highest BCUT2D eigenvalue weighted by atomic mass is 16.3. The SMILES string of the molecule is CCCNC(c1ccoc1)C1C2CC3CC(C2)CC1C3. The highest BCUT2D eigenvalue weighted by Crippen LogP contribution is 2.59. The van der Waals surface area contributed by atoms with E-state index in [0.29, 0.717) is 6.04 Å². The first-order chi connectivity index (χ1) is 9.85. The van der Waals surface area contributed by atoms with Crippen molar-refractivity contribution in [2.75, 3.05) is 6.54 Å². The normalized spacial score (nSPS) is 40.1. The van der Waals surface area contributed by atoms with Gasteiger partial charge in [0, 0.05) is 11.6 Å². The van der Waals surface area contributed by atoms with E-state index in [9.17, 15) is 0 Å². The van der Waals surface area contributed by atoms with E-state index >= 15 is 0 Å². The maximum atomic E-state index is 5.38. The van der Waals surface area contributed by atoms with Gasteiger partial charge in [-0.05, 0) is 80.7 Å². The monoisotopic (exact) mass is 273 g/mol. The van der Waals surface area contributed by atoms with Crippen LogP contribution in [-0.2, 0) is 0 Å². The van der Waals surface area contributed by atoms with Gasteiger partial charge in [0.2, 0.25) is 0 Å². The van der Waals surface area contributed by atoms with Crippen molar-refractivity contribution < 1.29 is 4.42 Å². The quantitative estimate of drug-likeness (QED) is 0.860. The summed E-state index contributed by atoms with van der Waals surface area (Å²) in [5, 5.41) is 3.84. The second-order valence-electron chi connectivity index (χ2n) is 7.50. The van der Waals surface area contributed by atoms with Crippen LogP contribution in [0.25, 0.3) is 0 Å². The fraction of sp³-hybridized carbons (Fsp3) is 0.778. The molecule has 2 heteroatoms. The van der Waals surface area contributed by atoms with Crippen molar-refractivity contribution in [3.8, 4) is 0 Å². The molecular formula is C18H27NO. The minimum Gasteiger partial charge on any atom is -0.472 e. The molecule has 5 rings (SSSR count). The summed E-state index contributed by atoms with van der Waals surface area (Å²) >= 11 is 0. The van der Waals surface area contributed by atoms with E-state index in [2.05, 4.69) is 18.3 Å². The molecule has 1 atom stereocenters. The van der Waals surface area contributed by atoms with Crippen LogP contribution in [0.15, 0.2) is 23.0 Å². The van der Waals surface area contributed by atoms with E-state index in [-0.39, 0.29) is 0 Å². The van der Waals surface area contributed by atoms with Gasteiger partial charge in [0.1, 0.15) is 0 Å². The van der Waals surface area contributed by atoms with Crippen molar-refractivity contribution >= 4 is 0 Å². The molecule has 4 saturated carbocycles. The standard InChI is InChI=1S/C18H27NO/c1-2-4-19-18(14-3-5-20-11-14)17-15-7-12-6-13(9-15)10-16(17)8-12/h3,5,11-13,15-19H,2,4,6-10H2,1H3. The van der Waals surface area contributed by atoms with Crippen LogP contribution in [0, 0.1) is 29.6 Å². The molecule has 1 N–H and O–H groups in total. The first-order valence-electron chi connectivity index (χ1n) is 8.60. The minimum atomic E-state index is 0.531. The Bertz CT molecular complexity index is 410. The summed E-state index contributed by atoms with van der Waals surface area (Å²) in [7, 11) is 0.